The van der Waals surface area contributed by atoms with Gasteiger partial charge in [-0.2, -0.15) is 0 Å². The van der Waals surface area contributed by atoms with Gasteiger partial charge in [0, 0.05) is 0 Å². The number of ether oxygens (including phenoxy) is 2. The standard InChI is InChI=1S/C52H103NO10/c1-3-5-7-9-11-13-15-17-19-21-22-24-25-27-29-31-33-35-37-39-44(55)47(57)43(42-62-52-50(60)49(59)48(58)46(41-54)63-52)53-51(61)45(56)40-38-36-34-32-30-28-26-23-20-18-16-14-12-10-8-6-4-2/h43-50,52,54-60H,3-42H2,1-2H3,(H,53,61). The summed E-state index contributed by atoms with van der Waals surface area (Å²) in [7, 11) is 0. The Labute approximate surface area is 386 Å². The molecule has 11 heteroatoms. The van der Waals surface area contributed by atoms with Crippen molar-refractivity contribution in [3.63, 3.8) is 0 Å². The van der Waals surface area contributed by atoms with Crippen LogP contribution in [0.2, 0.25) is 0 Å². The molecule has 1 amide bonds. The third-order valence-electron chi connectivity index (χ3n) is 13.4. The van der Waals surface area contributed by atoms with Crippen molar-refractivity contribution in [3.8, 4) is 0 Å². The third-order valence-corrected chi connectivity index (χ3v) is 13.4. The van der Waals surface area contributed by atoms with E-state index in [-0.39, 0.29) is 6.42 Å². The fraction of sp³-hybridized carbons (Fsp3) is 0.981. The fourth-order valence-electron chi connectivity index (χ4n) is 8.97. The lowest BCUT2D eigenvalue weighted by Gasteiger charge is -2.40. The number of hydrogen-bond donors (Lipinski definition) is 8. The van der Waals surface area contributed by atoms with Crippen LogP contribution in [0.15, 0.2) is 0 Å². The summed E-state index contributed by atoms with van der Waals surface area (Å²) in [6, 6.07) is -1.16. The molecule has 0 aromatic rings. The predicted molar refractivity (Wildman–Crippen MR) is 256 cm³/mol. The Hall–Kier alpha value is -0.890. The van der Waals surface area contributed by atoms with Gasteiger partial charge in [-0.3, -0.25) is 4.79 Å². The van der Waals surface area contributed by atoms with E-state index >= 15 is 0 Å². The Bertz CT molecular complexity index is 991. The molecule has 1 fully saturated rings. The van der Waals surface area contributed by atoms with Gasteiger partial charge in [-0.25, -0.2) is 0 Å². The van der Waals surface area contributed by atoms with Crippen molar-refractivity contribution in [2.75, 3.05) is 13.2 Å². The van der Waals surface area contributed by atoms with Crippen LogP contribution in [0.4, 0.5) is 0 Å². The van der Waals surface area contributed by atoms with Crippen molar-refractivity contribution in [2.45, 2.75) is 313 Å². The van der Waals surface area contributed by atoms with E-state index < -0.39 is 74.2 Å². The molecule has 11 nitrogen and oxygen atoms in total. The van der Waals surface area contributed by atoms with Crippen molar-refractivity contribution >= 4 is 5.91 Å². The Morgan fingerprint density at radius 3 is 1.17 bits per heavy atom. The van der Waals surface area contributed by atoms with Gasteiger partial charge in [0.15, 0.2) is 6.29 Å². The number of amides is 1. The Kier molecular flexibility index (Phi) is 40.5. The maximum absolute atomic E-state index is 13.1. The monoisotopic (exact) mass is 902 g/mol. The van der Waals surface area contributed by atoms with Crippen molar-refractivity contribution in [2.24, 2.45) is 0 Å². The second kappa shape index (κ2) is 42.5. The highest BCUT2D eigenvalue weighted by atomic mass is 16.7. The molecule has 1 heterocycles. The van der Waals surface area contributed by atoms with E-state index in [1.165, 1.54) is 180 Å². The van der Waals surface area contributed by atoms with Crippen LogP contribution in [0.5, 0.6) is 0 Å². The van der Waals surface area contributed by atoms with E-state index in [2.05, 4.69) is 19.2 Å². The molecule has 1 saturated heterocycles. The van der Waals surface area contributed by atoms with Crippen LogP contribution in [0.3, 0.4) is 0 Å². The van der Waals surface area contributed by atoms with Gasteiger partial charge in [-0.05, 0) is 12.8 Å². The fourth-order valence-corrected chi connectivity index (χ4v) is 8.97. The van der Waals surface area contributed by atoms with Gasteiger partial charge in [-0.1, -0.05) is 245 Å². The van der Waals surface area contributed by atoms with Crippen LogP contribution in [-0.2, 0) is 14.3 Å². The normalized spacial score (nSPS) is 21.1. The molecule has 9 unspecified atom stereocenters. The molecule has 1 aliphatic heterocycles. The topological polar surface area (TPSA) is 189 Å². The smallest absolute Gasteiger partial charge is 0.249 e. The van der Waals surface area contributed by atoms with Gasteiger partial charge in [-0.15, -0.1) is 0 Å². The molecule has 0 radical (unpaired) electrons. The van der Waals surface area contributed by atoms with Crippen LogP contribution in [0.25, 0.3) is 0 Å². The van der Waals surface area contributed by atoms with Crippen LogP contribution in [0.1, 0.15) is 258 Å². The molecule has 63 heavy (non-hydrogen) atoms. The van der Waals surface area contributed by atoms with Crippen LogP contribution in [0, 0.1) is 0 Å². The zero-order chi connectivity index (χ0) is 46.2. The summed E-state index contributed by atoms with van der Waals surface area (Å²) in [5, 5.41) is 76.0. The van der Waals surface area contributed by atoms with Gasteiger partial charge in [0.2, 0.25) is 5.91 Å². The summed E-state index contributed by atoms with van der Waals surface area (Å²) in [6.45, 7) is 3.48. The number of carbonyl (C=O) groups excluding carboxylic acids is 1. The minimum absolute atomic E-state index is 0.267. The quantitative estimate of drug-likeness (QED) is 0.0273. The minimum atomic E-state index is -1.66. The lowest BCUT2D eigenvalue weighted by atomic mass is 9.98. The average molecular weight is 902 g/mol. The van der Waals surface area contributed by atoms with E-state index in [4.69, 9.17) is 9.47 Å². The molecule has 8 N–H and O–H groups in total. The van der Waals surface area contributed by atoms with E-state index in [1.54, 1.807) is 0 Å². The Morgan fingerprint density at radius 1 is 0.492 bits per heavy atom. The molecule has 0 spiro atoms. The van der Waals surface area contributed by atoms with Gasteiger partial charge in [0.25, 0.3) is 0 Å². The lowest BCUT2D eigenvalue weighted by molar-refractivity contribution is -0.303. The number of aliphatic hydroxyl groups excluding tert-OH is 7. The summed E-state index contributed by atoms with van der Waals surface area (Å²) in [5.41, 5.74) is 0. The summed E-state index contributed by atoms with van der Waals surface area (Å²) < 4.78 is 11.1. The molecule has 9 atom stereocenters. The number of unbranched alkanes of at least 4 members (excludes halogenated alkanes) is 34. The van der Waals surface area contributed by atoms with Crippen LogP contribution in [-0.4, -0.2) is 110 Å². The predicted octanol–water partition coefficient (Wildman–Crippen LogP) is 10.2. The molecular formula is C52H103NO10. The average Bonchev–Trinajstić information content (AvgIpc) is 3.28. The van der Waals surface area contributed by atoms with Crippen molar-refractivity contribution in [3.05, 3.63) is 0 Å². The SMILES string of the molecule is CCCCCCCCCCCCCCCCCCCCCC(O)C(O)C(COC1OC(CO)C(O)C(O)C1O)NC(=O)C(O)CCCCCCCCCCCCCCCCCCC. The first kappa shape index (κ1) is 60.1. The van der Waals surface area contributed by atoms with E-state index in [0.29, 0.717) is 19.3 Å². The highest BCUT2D eigenvalue weighted by Gasteiger charge is 2.44. The Morgan fingerprint density at radius 2 is 0.825 bits per heavy atom. The molecule has 1 rings (SSSR count). The second-order valence-electron chi connectivity index (χ2n) is 19.3. The van der Waals surface area contributed by atoms with Crippen LogP contribution < -0.4 is 5.32 Å². The van der Waals surface area contributed by atoms with Crippen molar-refractivity contribution in [1.29, 1.82) is 0 Å². The zero-order valence-corrected chi connectivity index (χ0v) is 40.8. The van der Waals surface area contributed by atoms with Crippen molar-refractivity contribution < 1.29 is 50.0 Å². The first-order valence-corrected chi connectivity index (χ1v) is 26.9. The molecule has 0 bridgehead atoms. The lowest BCUT2D eigenvalue weighted by Crippen LogP contribution is -2.60. The van der Waals surface area contributed by atoms with Crippen LogP contribution >= 0.6 is 0 Å². The number of aliphatic hydroxyl groups is 7. The van der Waals surface area contributed by atoms with Gasteiger partial charge < -0.3 is 50.5 Å². The van der Waals surface area contributed by atoms with E-state index in [1.807, 2.05) is 0 Å². The first-order chi connectivity index (χ1) is 30.7. The minimum Gasteiger partial charge on any atom is -0.394 e. The zero-order valence-electron chi connectivity index (χ0n) is 40.8. The third kappa shape index (κ3) is 31.7. The number of nitrogens with one attached hydrogen (secondary N) is 1. The highest BCUT2D eigenvalue weighted by molar-refractivity contribution is 5.80. The van der Waals surface area contributed by atoms with Gasteiger partial charge >= 0.3 is 0 Å². The largest absolute Gasteiger partial charge is 0.394 e. The van der Waals surface area contributed by atoms with E-state index in [0.717, 1.165) is 38.5 Å². The van der Waals surface area contributed by atoms with Gasteiger partial charge in [0.1, 0.15) is 36.6 Å². The number of carbonyl (C=O) groups is 1. The molecular weight excluding hydrogens is 799 g/mol. The summed E-state index contributed by atoms with van der Waals surface area (Å²) in [4.78, 5) is 13.1. The summed E-state index contributed by atoms with van der Waals surface area (Å²) in [5.74, 6) is -0.691. The maximum atomic E-state index is 13.1. The molecule has 0 aliphatic carbocycles. The van der Waals surface area contributed by atoms with E-state index in [9.17, 15) is 40.5 Å². The second-order valence-corrected chi connectivity index (χ2v) is 19.3. The Balaban J connectivity index is 2.36. The molecule has 0 aromatic carbocycles. The molecule has 0 saturated carbocycles. The molecule has 0 aromatic heterocycles. The first-order valence-electron chi connectivity index (χ1n) is 26.9. The molecule has 1 aliphatic rings. The molecule has 376 valence electrons. The maximum Gasteiger partial charge on any atom is 0.249 e. The summed E-state index contributed by atoms with van der Waals surface area (Å²) >= 11 is 0. The van der Waals surface area contributed by atoms with Gasteiger partial charge in [0.05, 0.1) is 25.4 Å². The summed E-state index contributed by atoms with van der Waals surface area (Å²) in [6.07, 6.45) is 34.3. The van der Waals surface area contributed by atoms with Crippen molar-refractivity contribution in [1.82, 2.24) is 5.32 Å². The number of hydrogen-bond acceptors (Lipinski definition) is 10. The highest BCUT2D eigenvalue weighted by Crippen LogP contribution is 2.23. The number of rotatable bonds is 46.